The van der Waals surface area contributed by atoms with Crippen LogP contribution in [0.5, 0.6) is 0 Å². The first kappa shape index (κ1) is 13.8. The van der Waals surface area contributed by atoms with E-state index in [0.717, 1.165) is 5.56 Å². The SMILES string of the molecule is Cc1cccc(NC(=O)c2ccn(CCC(=O)O)n2)c1. The topological polar surface area (TPSA) is 84.2 Å². The smallest absolute Gasteiger partial charge is 0.305 e. The van der Waals surface area contributed by atoms with Crippen LogP contribution in [0.15, 0.2) is 36.5 Å². The lowest BCUT2D eigenvalue weighted by atomic mass is 10.2. The molecule has 0 aliphatic carbocycles. The van der Waals surface area contributed by atoms with Crippen molar-refractivity contribution in [1.29, 1.82) is 0 Å². The molecule has 0 aliphatic rings. The zero-order valence-corrected chi connectivity index (χ0v) is 11.0. The number of hydrogen-bond donors (Lipinski definition) is 2. The number of carbonyl (C=O) groups is 2. The van der Waals surface area contributed by atoms with E-state index in [2.05, 4.69) is 10.4 Å². The zero-order chi connectivity index (χ0) is 14.5. The summed E-state index contributed by atoms with van der Waals surface area (Å²) in [6, 6.07) is 9.02. The minimum Gasteiger partial charge on any atom is -0.481 e. The number of nitrogens with zero attached hydrogens (tertiary/aromatic N) is 2. The minimum atomic E-state index is -0.897. The van der Waals surface area contributed by atoms with E-state index in [9.17, 15) is 9.59 Å². The molecule has 0 fully saturated rings. The Labute approximate surface area is 116 Å². The van der Waals surface area contributed by atoms with E-state index in [-0.39, 0.29) is 24.6 Å². The lowest BCUT2D eigenvalue weighted by Crippen LogP contribution is -2.14. The van der Waals surface area contributed by atoms with E-state index in [1.165, 1.54) is 4.68 Å². The monoisotopic (exact) mass is 273 g/mol. The van der Waals surface area contributed by atoms with Crippen molar-refractivity contribution >= 4 is 17.6 Å². The lowest BCUT2D eigenvalue weighted by Gasteiger charge is -2.04. The number of amides is 1. The number of aliphatic carboxylic acids is 1. The molecule has 0 bridgehead atoms. The Morgan fingerprint density at radius 2 is 2.15 bits per heavy atom. The Balaban J connectivity index is 2.01. The quantitative estimate of drug-likeness (QED) is 0.871. The number of aromatic nitrogens is 2. The fourth-order valence-corrected chi connectivity index (χ4v) is 1.74. The third-order valence-electron chi connectivity index (χ3n) is 2.70. The predicted octanol–water partition coefficient (Wildman–Crippen LogP) is 1.92. The molecule has 1 aromatic heterocycles. The first-order valence-corrected chi connectivity index (χ1v) is 6.18. The fourth-order valence-electron chi connectivity index (χ4n) is 1.74. The van der Waals surface area contributed by atoms with E-state index in [4.69, 9.17) is 5.11 Å². The van der Waals surface area contributed by atoms with Gasteiger partial charge >= 0.3 is 5.97 Å². The first-order valence-electron chi connectivity index (χ1n) is 6.18. The maximum absolute atomic E-state index is 12.0. The number of carbonyl (C=O) groups excluding carboxylic acids is 1. The molecular formula is C14H15N3O3. The van der Waals surface area contributed by atoms with Gasteiger partial charge in [-0.3, -0.25) is 14.3 Å². The molecule has 0 spiro atoms. The maximum Gasteiger partial charge on any atom is 0.305 e. The summed E-state index contributed by atoms with van der Waals surface area (Å²) in [5.41, 5.74) is 2.02. The van der Waals surface area contributed by atoms with Crippen LogP contribution in [-0.2, 0) is 11.3 Å². The molecule has 20 heavy (non-hydrogen) atoms. The van der Waals surface area contributed by atoms with Gasteiger partial charge in [0.05, 0.1) is 13.0 Å². The highest BCUT2D eigenvalue weighted by Crippen LogP contribution is 2.11. The van der Waals surface area contributed by atoms with Crippen LogP contribution in [0.25, 0.3) is 0 Å². The molecule has 1 aromatic carbocycles. The van der Waals surface area contributed by atoms with Crippen LogP contribution in [0.1, 0.15) is 22.5 Å². The van der Waals surface area contributed by atoms with Crippen molar-refractivity contribution in [3.63, 3.8) is 0 Å². The molecule has 0 saturated carbocycles. The van der Waals surface area contributed by atoms with Crippen LogP contribution in [-0.4, -0.2) is 26.8 Å². The van der Waals surface area contributed by atoms with Crippen LogP contribution in [0.3, 0.4) is 0 Å². The van der Waals surface area contributed by atoms with Crippen molar-refractivity contribution < 1.29 is 14.7 Å². The van der Waals surface area contributed by atoms with Gasteiger partial charge in [0.25, 0.3) is 5.91 Å². The Morgan fingerprint density at radius 3 is 2.85 bits per heavy atom. The molecule has 1 amide bonds. The molecule has 2 rings (SSSR count). The third-order valence-corrected chi connectivity index (χ3v) is 2.70. The molecule has 6 heteroatoms. The van der Waals surface area contributed by atoms with E-state index >= 15 is 0 Å². The first-order chi connectivity index (χ1) is 9.54. The maximum atomic E-state index is 12.0. The fraction of sp³-hybridized carbons (Fsp3) is 0.214. The van der Waals surface area contributed by atoms with Crippen LogP contribution >= 0.6 is 0 Å². The number of anilines is 1. The van der Waals surface area contributed by atoms with Gasteiger partial charge in [-0.15, -0.1) is 0 Å². The molecule has 2 N–H and O–H groups in total. The summed E-state index contributed by atoms with van der Waals surface area (Å²) < 4.78 is 1.44. The van der Waals surface area contributed by atoms with E-state index in [1.807, 2.05) is 25.1 Å². The average molecular weight is 273 g/mol. The molecule has 2 aromatic rings. The molecule has 0 unspecified atom stereocenters. The Hall–Kier alpha value is -2.63. The molecule has 1 heterocycles. The van der Waals surface area contributed by atoms with Gasteiger partial charge in [0.15, 0.2) is 5.69 Å². The summed E-state index contributed by atoms with van der Waals surface area (Å²) in [6.07, 6.45) is 1.56. The van der Waals surface area contributed by atoms with Crippen LogP contribution in [0, 0.1) is 6.92 Å². The Kier molecular flexibility index (Phi) is 4.14. The van der Waals surface area contributed by atoms with Gasteiger partial charge < -0.3 is 10.4 Å². The highest BCUT2D eigenvalue weighted by molar-refractivity contribution is 6.02. The summed E-state index contributed by atoms with van der Waals surface area (Å²) in [5.74, 6) is -1.21. The van der Waals surface area contributed by atoms with E-state index < -0.39 is 5.97 Å². The molecule has 0 atom stereocenters. The van der Waals surface area contributed by atoms with Crippen molar-refractivity contribution in [3.05, 3.63) is 47.8 Å². The molecule has 0 saturated heterocycles. The number of rotatable bonds is 5. The van der Waals surface area contributed by atoms with Crippen molar-refractivity contribution in [1.82, 2.24) is 9.78 Å². The van der Waals surface area contributed by atoms with Crippen molar-refractivity contribution in [2.45, 2.75) is 19.9 Å². The van der Waals surface area contributed by atoms with Crippen molar-refractivity contribution in [3.8, 4) is 0 Å². The van der Waals surface area contributed by atoms with Gasteiger partial charge in [0, 0.05) is 11.9 Å². The molecule has 104 valence electrons. The van der Waals surface area contributed by atoms with Gasteiger partial charge in [0.2, 0.25) is 0 Å². The van der Waals surface area contributed by atoms with Gasteiger partial charge in [-0.05, 0) is 30.7 Å². The second-order valence-corrected chi connectivity index (χ2v) is 4.43. The highest BCUT2D eigenvalue weighted by Gasteiger charge is 2.10. The number of benzene rings is 1. The third kappa shape index (κ3) is 3.68. The van der Waals surface area contributed by atoms with E-state index in [1.54, 1.807) is 18.3 Å². The summed E-state index contributed by atoms with van der Waals surface area (Å²) in [6.45, 7) is 2.18. The lowest BCUT2D eigenvalue weighted by molar-refractivity contribution is -0.137. The largest absolute Gasteiger partial charge is 0.481 e. The number of nitrogens with one attached hydrogen (secondary N) is 1. The number of carboxylic acid groups (broad SMARTS) is 1. The minimum absolute atomic E-state index is 0.0272. The van der Waals surface area contributed by atoms with E-state index in [0.29, 0.717) is 5.69 Å². The van der Waals surface area contributed by atoms with Crippen LogP contribution in [0.4, 0.5) is 5.69 Å². The van der Waals surface area contributed by atoms with Crippen molar-refractivity contribution in [2.75, 3.05) is 5.32 Å². The summed E-state index contributed by atoms with van der Waals surface area (Å²) in [4.78, 5) is 22.4. The highest BCUT2D eigenvalue weighted by atomic mass is 16.4. The molecule has 0 aliphatic heterocycles. The standard InChI is InChI=1S/C14H15N3O3/c1-10-3-2-4-11(9-10)15-14(20)12-5-7-17(16-12)8-6-13(18)19/h2-5,7,9H,6,8H2,1H3,(H,15,20)(H,18,19). The van der Waals surface area contributed by atoms with Gasteiger partial charge in [-0.2, -0.15) is 5.10 Å². The number of aryl methyl sites for hydroxylation is 2. The molecule has 0 radical (unpaired) electrons. The summed E-state index contributed by atoms with van der Waals surface area (Å²) in [5, 5.41) is 15.4. The normalized spacial score (nSPS) is 10.2. The summed E-state index contributed by atoms with van der Waals surface area (Å²) in [7, 11) is 0. The molecular weight excluding hydrogens is 258 g/mol. The van der Waals surface area contributed by atoms with Gasteiger partial charge in [0.1, 0.15) is 0 Å². The van der Waals surface area contributed by atoms with Gasteiger partial charge in [-0.1, -0.05) is 12.1 Å². The van der Waals surface area contributed by atoms with Crippen LogP contribution < -0.4 is 5.32 Å². The van der Waals surface area contributed by atoms with Gasteiger partial charge in [-0.25, -0.2) is 0 Å². The zero-order valence-electron chi connectivity index (χ0n) is 11.0. The Bertz CT molecular complexity index is 634. The Morgan fingerprint density at radius 1 is 1.35 bits per heavy atom. The summed E-state index contributed by atoms with van der Waals surface area (Å²) >= 11 is 0. The number of carboxylic acids is 1. The average Bonchev–Trinajstić information content (AvgIpc) is 2.85. The predicted molar refractivity (Wildman–Crippen MR) is 73.6 cm³/mol. The van der Waals surface area contributed by atoms with Crippen LogP contribution in [0.2, 0.25) is 0 Å². The molecule has 6 nitrogen and oxygen atoms in total. The second kappa shape index (κ2) is 6.01. The second-order valence-electron chi connectivity index (χ2n) is 4.43. The van der Waals surface area contributed by atoms with Crippen molar-refractivity contribution in [2.24, 2.45) is 0 Å². The number of hydrogen-bond acceptors (Lipinski definition) is 3.